The molecule has 2 atom stereocenters. The number of alkyl halides is 3. The number of likely N-dealkylation sites (tertiary alicyclic amines) is 1. The molecule has 17 heavy (non-hydrogen) atoms. The van der Waals surface area contributed by atoms with Crippen molar-refractivity contribution < 1.29 is 17.9 Å². The van der Waals surface area contributed by atoms with Gasteiger partial charge in [-0.1, -0.05) is 0 Å². The molecule has 2 saturated heterocycles. The summed E-state index contributed by atoms with van der Waals surface area (Å²) in [4.78, 5) is 1.45. The van der Waals surface area contributed by atoms with Crippen LogP contribution in [0.25, 0.3) is 0 Å². The maximum atomic E-state index is 12.3. The Hall–Kier alpha value is -0.330. The molecule has 2 aliphatic heterocycles. The lowest BCUT2D eigenvalue weighted by Crippen LogP contribution is -2.45. The van der Waals surface area contributed by atoms with Crippen molar-refractivity contribution in [1.29, 1.82) is 0 Å². The molecule has 2 fully saturated rings. The average molecular weight is 252 g/mol. The highest BCUT2D eigenvalue weighted by atomic mass is 19.4. The van der Waals surface area contributed by atoms with Crippen molar-refractivity contribution in [2.75, 3.05) is 32.7 Å². The van der Waals surface area contributed by atoms with Gasteiger partial charge in [0.1, 0.15) is 0 Å². The SMILES string of the molecule is FC(F)(F)CN1CCCC(OC2CCNC2)C1. The summed E-state index contributed by atoms with van der Waals surface area (Å²) in [7, 11) is 0. The van der Waals surface area contributed by atoms with E-state index in [0.29, 0.717) is 13.1 Å². The standard InChI is InChI=1S/C11H19F3N2O/c12-11(13,14)8-16-5-1-2-10(7-16)17-9-3-4-15-6-9/h9-10,15H,1-8H2. The largest absolute Gasteiger partial charge is 0.401 e. The number of halogens is 3. The van der Waals surface area contributed by atoms with Crippen LogP contribution in [0.3, 0.4) is 0 Å². The van der Waals surface area contributed by atoms with Crippen molar-refractivity contribution in [3.63, 3.8) is 0 Å². The zero-order valence-electron chi connectivity index (χ0n) is 9.80. The van der Waals surface area contributed by atoms with Crippen LogP contribution in [0.5, 0.6) is 0 Å². The quantitative estimate of drug-likeness (QED) is 0.821. The van der Waals surface area contributed by atoms with Crippen LogP contribution in [0.1, 0.15) is 19.3 Å². The molecule has 2 aliphatic rings. The fourth-order valence-electron chi connectivity index (χ4n) is 2.54. The fraction of sp³-hybridized carbons (Fsp3) is 1.00. The van der Waals surface area contributed by atoms with Crippen molar-refractivity contribution in [3.8, 4) is 0 Å². The summed E-state index contributed by atoms with van der Waals surface area (Å²) in [5, 5.41) is 3.19. The van der Waals surface area contributed by atoms with E-state index in [1.54, 1.807) is 0 Å². The van der Waals surface area contributed by atoms with Crippen LogP contribution in [0.15, 0.2) is 0 Å². The summed E-state index contributed by atoms with van der Waals surface area (Å²) >= 11 is 0. The predicted molar refractivity (Wildman–Crippen MR) is 57.9 cm³/mol. The number of hydrogen-bond donors (Lipinski definition) is 1. The van der Waals surface area contributed by atoms with E-state index in [2.05, 4.69) is 5.32 Å². The van der Waals surface area contributed by atoms with Gasteiger partial charge in [-0.3, -0.25) is 4.90 Å². The zero-order chi connectivity index (χ0) is 12.3. The second kappa shape index (κ2) is 5.54. The molecule has 0 aromatic carbocycles. The molecule has 0 aliphatic carbocycles. The van der Waals surface area contributed by atoms with Crippen molar-refractivity contribution in [3.05, 3.63) is 0 Å². The predicted octanol–water partition coefficient (Wildman–Crippen LogP) is 1.39. The second-order valence-electron chi connectivity index (χ2n) is 4.87. The summed E-state index contributed by atoms with van der Waals surface area (Å²) in [6, 6.07) is 0. The van der Waals surface area contributed by atoms with Crippen LogP contribution in [-0.2, 0) is 4.74 Å². The van der Waals surface area contributed by atoms with Gasteiger partial charge in [0.05, 0.1) is 18.8 Å². The van der Waals surface area contributed by atoms with Gasteiger partial charge in [0.2, 0.25) is 0 Å². The minimum Gasteiger partial charge on any atom is -0.372 e. The summed E-state index contributed by atoms with van der Waals surface area (Å²) in [5.41, 5.74) is 0. The van der Waals surface area contributed by atoms with E-state index in [1.807, 2.05) is 0 Å². The number of rotatable bonds is 3. The van der Waals surface area contributed by atoms with Gasteiger partial charge < -0.3 is 10.1 Å². The maximum Gasteiger partial charge on any atom is 0.401 e. The topological polar surface area (TPSA) is 24.5 Å². The number of nitrogens with zero attached hydrogens (tertiary/aromatic N) is 1. The van der Waals surface area contributed by atoms with Crippen molar-refractivity contribution in [1.82, 2.24) is 10.2 Å². The van der Waals surface area contributed by atoms with E-state index in [0.717, 1.165) is 32.4 Å². The summed E-state index contributed by atoms with van der Waals surface area (Å²) in [6.45, 7) is 1.91. The molecule has 0 bridgehead atoms. The maximum absolute atomic E-state index is 12.3. The lowest BCUT2D eigenvalue weighted by atomic mass is 10.1. The molecular formula is C11H19F3N2O. The van der Waals surface area contributed by atoms with Gasteiger partial charge >= 0.3 is 6.18 Å². The van der Waals surface area contributed by atoms with E-state index in [-0.39, 0.29) is 12.2 Å². The Kier molecular flexibility index (Phi) is 4.27. The van der Waals surface area contributed by atoms with Gasteiger partial charge in [-0.25, -0.2) is 0 Å². The van der Waals surface area contributed by atoms with E-state index in [1.165, 1.54) is 4.90 Å². The number of piperidine rings is 1. The summed E-state index contributed by atoms with van der Waals surface area (Å²) in [6.07, 6.45) is -1.31. The molecule has 2 heterocycles. The van der Waals surface area contributed by atoms with Gasteiger partial charge in [0, 0.05) is 13.1 Å². The Bertz CT molecular complexity index is 241. The summed E-state index contributed by atoms with van der Waals surface area (Å²) < 4.78 is 42.7. The molecule has 0 amide bonds. The Morgan fingerprint density at radius 2 is 2.06 bits per heavy atom. The molecule has 2 rings (SSSR count). The number of hydrogen-bond acceptors (Lipinski definition) is 3. The van der Waals surface area contributed by atoms with E-state index < -0.39 is 12.7 Å². The first-order chi connectivity index (χ1) is 8.03. The van der Waals surface area contributed by atoms with Crippen molar-refractivity contribution in [2.45, 2.75) is 37.6 Å². The van der Waals surface area contributed by atoms with E-state index >= 15 is 0 Å². The number of ether oxygens (including phenoxy) is 1. The highest BCUT2D eigenvalue weighted by Crippen LogP contribution is 2.22. The highest BCUT2D eigenvalue weighted by Gasteiger charge is 2.33. The third-order valence-electron chi connectivity index (χ3n) is 3.27. The lowest BCUT2D eigenvalue weighted by molar-refractivity contribution is -0.155. The molecule has 0 aromatic heterocycles. The molecule has 0 spiro atoms. The highest BCUT2D eigenvalue weighted by molar-refractivity contribution is 4.79. The van der Waals surface area contributed by atoms with Crippen molar-refractivity contribution >= 4 is 0 Å². The third kappa shape index (κ3) is 4.44. The Labute approximate surface area is 99.3 Å². The second-order valence-corrected chi connectivity index (χ2v) is 4.87. The Balaban J connectivity index is 1.76. The fourth-order valence-corrected chi connectivity index (χ4v) is 2.54. The monoisotopic (exact) mass is 252 g/mol. The van der Waals surface area contributed by atoms with Gasteiger partial charge in [0.15, 0.2) is 0 Å². The first-order valence-electron chi connectivity index (χ1n) is 6.18. The molecular weight excluding hydrogens is 233 g/mol. The smallest absolute Gasteiger partial charge is 0.372 e. The van der Waals surface area contributed by atoms with Gasteiger partial charge in [-0.15, -0.1) is 0 Å². The van der Waals surface area contributed by atoms with E-state index in [4.69, 9.17) is 4.74 Å². The third-order valence-corrected chi connectivity index (χ3v) is 3.27. The van der Waals surface area contributed by atoms with Crippen LogP contribution in [0.4, 0.5) is 13.2 Å². The zero-order valence-corrected chi connectivity index (χ0v) is 9.80. The van der Waals surface area contributed by atoms with Crippen LogP contribution >= 0.6 is 0 Å². The van der Waals surface area contributed by atoms with E-state index in [9.17, 15) is 13.2 Å². The van der Waals surface area contributed by atoms with Gasteiger partial charge in [-0.05, 0) is 32.4 Å². The average Bonchev–Trinajstić information content (AvgIpc) is 2.68. The van der Waals surface area contributed by atoms with Crippen LogP contribution in [0, 0.1) is 0 Å². The molecule has 1 N–H and O–H groups in total. The first-order valence-corrected chi connectivity index (χ1v) is 6.18. The molecule has 2 unspecified atom stereocenters. The minimum absolute atomic E-state index is 0.0315. The lowest BCUT2D eigenvalue weighted by Gasteiger charge is -2.34. The first kappa shape index (κ1) is 13.1. The molecule has 0 saturated carbocycles. The van der Waals surface area contributed by atoms with Crippen LogP contribution in [0.2, 0.25) is 0 Å². The molecule has 6 heteroatoms. The van der Waals surface area contributed by atoms with Crippen LogP contribution in [-0.4, -0.2) is 56.0 Å². The normalized spacial score (nSPS) is 31.9. The molecule has 3 nitrogen and oxygen atoms in total. The molecule has 0 aromatic rings. The number of nitrogens with one attached hydrogen (secondary N) is 1. The van der Waals surface area contributed by atoms with Crippen LogP contribution < -0.4 is 5.32 Å². The Morgan fingerprint density at radius 3 is 2.71 bits per heavy atom. The molecule has 0 radical (unpaired) electrons. The minimum atomic E-state index is -4.10. The van der Waals surface area contributed by atoms with Gasteiger partial charge in [0.25, 0.3) is 0 Å². The Morgan fingerprint density at radius 1 is 1.24 bits per heavy atom. The van der Waals surface area contributed by atoms with Gasteiger partial charge in [-0.2, -0.15) is 13.2 Å². The molecule has 100 valence electrons. The summed E-state index contributed by atoms with van der Waals surface area (Å²) in [5.74, 6) is 0. The van der Waals surface area contributed by atoms with Crippen molar-refractivity contribution in [2.24, 2.45) is 0 Å².